The van der Waals surface area contributed by atoms with Gasteiger partial charge in [0.2, 0.25) is 0 Å². The lowest BCUT2D eigenvalue weighted by Gasteiger charge is -2.26. The van der Waals surface area contributed by atoms with Gasteiger partial charge in [-0.25, -0.2) is 4.79 Å². The maximum absolute atomic E-state index is 12.2. The summed E-state index contributed by atoms with van der Waals surface area (Å²) in [5, 5.41) is 0. The van der Waals surface area contributed by atoms with Gasteiger partial charge >= 0.3 is 5.97 Å². The molecule has 0 fully saturated rings. The molecule has 0 N–H and O–H groups in total. The van der Waals surface area contributed by atoms with Crippen LogP contribution in [0.25, 0.3) is 0 Å². The SMILES string of the molecule is COc1cccc2c1C(=O)O[C@@H](c1ccc(C)cc1)C2. The maximum Gasteiger partial charge on any atom is 0.342 e. The Morgan fingerprint density at radius 3 is 2.60 bits per heavy atom. The van der Waals surface area contributed by atoms with Crippen molar-refractivity contribution in [3.05, 3.63) is 64.7 Å². The molecular weight excluding hydrogens is 252 g/mol. The molecule has 102 valence electrons. The van der Waals surface area contributed by atoms with Crippen LogP contribution in [0.5, 0.6) is 5.75 Å². The largest absolute Gasteiger partial charge is 0.496 e. The molecule has 3 rings (SSSR count). The Balaban J connectivity index is 1.97. The molecule has 0 radical (unpaired) electrons. The molecule has 0 amide bonds. The number of carbonyl (C=O) groups excluding carboxylic acids is 1. The second-order valence-corrected chi connectivity index (χ2v) is 5.00. The minimum absolute atomic E-state index is 0.220. The Morgan fingerprint density at radius 2 is 1.90 bits per heavy atom. The molecule has 0 aromatic heterocycles. The van der Waals surface area contributed by atoms with Crippen LogP contribution < -0.4 is 4.74 Å². The van der Waals surface area contributed by atoms with Crippen molar-refractivity contribution in [2.24, 2.45) is 0 Å². The molecule has 3 heteroatoms. The Morgan fingerprint density at radius 1 is 1.15 bits per heavy atom. The van der Waals surface area contributed by atoms with Gasteiger partial charge in [-0.3, -0.25) is 0 Å². The van der Waals surface area contributed by atoms with Crippen LogP contribution in [0.3, 0.4) is 0 Å². The van der Waals surface area contributed by atoms with Gasteiger partial charge < -0.3 is 9.47 Å². The van der Waals surface area contributed by atoms with E-state index in [1.165, 1.54) is 5.56 Å². The van der Waals surface area contributed by atoms with Crippen LogP contribution in [0.4, 0.5) is 0 Å². The number of cyclic esters (lactones) is 1. The van der Waals surface area contributed by atoms with Crippen LogP contribution in [-0.2, 0) is 11.2 Å². The molecule has 1 aliphatic rings. The third-order valence-electron chi connectivity index (χ3n) is 3.64. The monoisotopic (exact) mass is 268 g/mol. The number of methoxy groups -OCH3 is 1. The van der Waals surface area contributed by atoms with Gasteiger partial charge in [-0.2, -0.15) is 0 Å². The molecule has 0 saturated heterocycles. The van der Waals surface area contributed by atoms with Crippen molar-refractivity contribution >= 4 is 5.97 Å². The van der Waals surface area contributed by atoms with Crippen LogP contribution in [0.2, 0.25) is 0 Å². The normalized spacial score (nSPS) is 17.3. The summed E-state index contributed by atoms with van der Waals surface area (Å²) in [6.45, 7) is 2.04. The first-order chi connectivity index (χ1) is 9.69. The average molecular weight is 268 g/mol. The van der Waals surface area contributed by atoms with Crippen molar-refractivity contribution < 1.29 is 14.3 Å². The summed E-state index contributed by atoms with van der Waals surface area (Å²) in [5.41, 5.74) is 3.75. The van der Waals surface area contributed by atoms with Gasteiger partial charge in [-0.15, -0.1) is 0 Å². The molecule has 1 heterocycles. The van der Waals surface area contributed by atoms with E-state index in [0.717, 1.165) is 11.1 Å². The lowest BCUT2D eigenvalue weighted by atomic mass is 9.94. The van der Waals surface area contributed by atoms with Gasteiger partial charge in [-0.1, -0.05) is 42.0 Å². The van der Waals surface area contributed by atoms with Gasteiger partial charge in [0.15, 0.2) is 0 Å². The van der Waals surface area contributed by atoms with Gasteiger partial charge in [0, 0.05) is 6.42 Å². The zero-order valence-electron chi connectivity index (χ0n) is 11.6. The first-order valence-electron chi connectivity index (χ1n) is 6.62. The number of fused-ring (bicyclic) bond motifs is 1. The summed E-state index contributed by atoms with van der Waals surface area (Å²) < 4.78 is 10.8. The summed E-state index contributed by atoms with van der Waals surface area (Å²) in [4.78, 5) is 12.2. The Labute approximate surface area is 118 Å². The zero-order chi connectivity index (χ0) is 14.1. The van der Waals surface area contributed by atoms with E-state index in [-0.39, 0.29) is 12.1 Å². The summed E-state index contributed by atoms with van der Waals surface area (Å²) in [6, 6.07) is 13.7. The van der Waals surface area contributed by atoms with E-state index in [0.29, 0.717) is 17.7 Å². The van der Waals surface area contributed by atoms with Crippen LogP contribution in [0.1, 0.15) is 33.2 Å². The van der Waals surface area contributed by atoms with E-state index >= 15 is 0 Å². The van der Waals surface area contributed by atoms with Crippen molar-refractivity contribution in [1.82, 2.24) is 0 Å². The number of rotatable bonds is 2. The smallest absolute Gasteiger partial charge is 0.342 e. The second kappa shape index (κ2) is 5.00. The van der Waals surface area contributed by atoms with Crippen LogP contribution >= 0.6 is 0 Å². The van der Waals surface area contributed by atoms with E-state index in [4.69, 9.17) is 9.47 Å². The second-order valence-electron chi connectivity index (χ2n) is 5.00. The Bertz CT molecular complexity index is 644. The summed E-state index contributed by atoms with van der Waals surface area (Å²) in [5.74, 6) is 0.268. The summed E-state index contributed by atoms with van der Waals surface area (Å²) in [7, 11) is 1.56. The molecule has 1 atom stereocenters. The predicted molar refractivity (Wildman–Crippen MR) is 76.0 cm³/mol. The molecule has 2 aromatic carbocycles. The zero-order valence-corrected chi connectivity index (χ0v) is 11.6. The number of benzene rings is 2. The lowest BCUT2D eigenvalue weighted by Crippen LogP contribution is -2.22. The first kappa shape index (κ1) is 12.7. The molecule has 0 spiro atoms. The number of carbonyl (C=O) groups is 1. The van der Waals surface area contributed by atoms with E-state index in [9.17, 15) is 4.79 Å². The molecular formula is C17H16O3. The summed E-state index contributed by atoms with van der Waals surface area (Å²) >= 11 is 0. The highest BCUT2D eigenvalue weighted by Crippen LogP contribution is 2.34. The van der Waals surface area contributed by atoms with Crippen molar-refractivity contribution in [3.8, 4) is 5.75 Å². The first-order valence-corrected chi connectivity index (χ1v) is 6.62. The van der Waals surface area contributed by atoms with Crippen LogP contribution in [0, 0.1) is 6.92 Å². The molecule has 0 aliphatic carbocycles. The van der Waals surface area contributed by atoms with Crippen molar-refractivity contribution in [2.45, 2.75) is 19.4 Å². The van der Waals surface area contributed by atoms with E-state index in [1.54, 1.807) is 13.2 Å². The molecule has 1 aliphatic heterocycles. The van der Waals surface area contributed by atoms with Crippen LogP contribution in [0.15, 0.2) is 42.5 Å². The highest BCUT2D eigenvalue weighted by atomic mass is 16.5. The van der Waals surface area contributed by atoms with Gasteiger partial charge in [0.05, 0.1) is 7.11 Å². The highest BCUT2D eigenvalue weighted by Gasteiger charge is 2.29. The number of ether oxygens (including phenoxy) is 2. The van der Waals surface area contributed by atoms with Gasteiger partial charge in [0.1, 0.15) is 17.4 Å². The maximum atomic E-state index is 12.2. The molecule has 0 unspecified atom stereocenters. The molecule has 0 saturated carbocycles. The van der Waals surface area contributed by atoms with Crippen molar-refractivity contribution in [3.63, 3.8) is 0 Å². The minimum atomic E-state index is -0.311. The Hall–Kier alpha value is -2.29. The fourth-order valence-electron chi connectivity index (χ4n) is 2.54. The number of hydrogen-bond donors (Lipinski definition) is 0. The van der Waals surface area contributed by atoms with Crippen LogP contribution in [-0.4, -0.2) is 13.1 Å². The molecule has 2 aromatic rings. The standard InChI is InChI=1S/C17H16O3/c1-11-6-8-12(9-7-11)15-10-13-4-3-5-14(19-2)16(13)17(18)20-15/h3-9,15H,10H2,1-2H3/t15-/m1/s1. The predicted octanol–water partition coefficient (Wildman–Crippen LogP) is 3.46. The quantitative estimate of drug-likeness (QED) is 0.782. The van der Waals surface area contributed by atoms with E-state index in [1.807, 2.05) is 43.3 Å². The lowest BCUT2D eigenvalue weighted by molar-refractivity contribution is 0.0248. The molecule has 3 nitrogen and oxygen atoms in total. The van der Waals surface area contributed by atoms with Gasteiger partial charge in [-0.05, 0) is 24.1 Å². The number of esters is 1. The third-order valence-corrected chi connectivity index (χ3v) is 3.64. The van der Waals surface area contributed by atoms with Crippen molar-refractivity contribution in [2.75, 3.05) is 7.11 Å². The highest BCUT2D eigenvalue weighted by molar-refractivity contribution is 5.95. The van der Waals surface area contributed by atoms with Crippen molar-refractivity contribution in [1.29, 1.82) is 0 Å². The Kier molecular flexibility index (Phi) is 3.18. The topological polar surface area (TPSA) is 35.5 Å². The fraction of sp³-hybridized carbons (Fsp3) is 0.235. The molecule has 0 bridgehead atoms. The minimum Gasteiger partial charge on any atom is -0.496 e. The van der Waals surface area contributed by atoms with E-state index < -0.39 is 0 Å². The summed E-state index contributed by atoms with van der Waals surface area (Å²) in [6.07, 6.45) is 0.462. The van der Waals surface area contributed by atoms with Gasteiger partial charge in [0.25, 0.3) is 0 Å². The fourth-order valence-corrected chi connectivity index (χ4v) is 2.54. The average Bonchev–Trinajstić information content (AvgIpc) is 2.47. The number of hydrogen-bond acceptors (Lipinski definition) is 3. The third kappa shape index (κ3) is 2.16. The van der Waals surface area contributed by atoms with E-state index in [2.05, 4.69) is 0 Å². The molecule has 20 heavy (non-hydrogen) atoms. The number of aryl methyl sites for hydroxylation is 1.